The molecule has 17 heteroatoms. The van der Waals surface area contributed by atoms with Crippen LogP contribution in [0.4, 0.5) is 23.0 Å². The second-order valence-corrected chi connectivity index (χ2v) is 13.0. The number of unbranched alkanes of at least 4 members (excludes halogenated alkanes) is 7. The normalized spacial score (nSPS) is 16.8. The Kier molecular flexibility index (Phi) is 23.0. The zero-order valence-corrected chi connectivity index (χ0v) is 35.3. The van der Waals surface area contributed by atoms with Crippen LogP contribution >= 0.6 is 15.9 Å². The number of halogens is 3. The molecule has 0 radical (unpaired) electrons. The third-order valence-electron chi connectivity index (χ3n) is 8.22. The summed E-state index contributed by atoms with van der Waals surface area (Å²) in [6, 6.07) is 0. The SMILES string of the molecule is CCCCCCn1ncc(N=NC2=[N+](CCCBr)C=C[NH+]2C)c1N.CCCCCCn1ncc(N=NC2=[N+](CCCC)C=C[NH+]2C)c1N.[Br-].[Br-]. The summed E-state index contributed by atoms with van der Waals surface area (Å²) in [6.07, 6.45) is 24.5. The van der Waals surface area contributed by atoms with Crippen molar-refractivity contribution in [2.45, 2.75) is 104 Å². The molecule has 2 aliphatic rings. The van der Waals surface area contributed by atoms with E-state index in [0.717, 1.165) is 85.3 Å². The first-order valence-corrected chi connectivity index (χ1v) is 18.8. The summed E-state index contributed by atoms with van der Waals surface area (Å²) in [4.78, 5) is 2.24. The Morgan fingerprint density at radius 3 is 1.46 bits per heavy atom. The van der Waals surface area contributed by atoms with Crippen molar-refractivity contribution >= 4 is 50.9 Å². The summed E-state index contributed by atoms with van der Waals surface area (Å²) in [6.45, 7) is 10.2. The topological polar surface area (TPSA) is 152 Å². The van der Waals surface area contributed by atoms with Gasteiger partial charge < -0.3 is 45.4 Å². The van der Waals surface area contributed by atoms with Gasteiger partial charge in [0.25, 0.3) is 0 Å². The van der Waals surface area contributed by atoms with E-state index in [-0.39, 0.29) is 34.0 Å². The molecule has 2 aromatic rings. The highest BCUT2D eigenvalue weighted by Crippen LogP contribution is 2.23. The molecule has 0 aliphatic carbocycles. The van der Waals surface area contributed by atoms with Gasteiger partial charge in [-0.2, -0.15) is 29.1 Å². The Morgan fingerprint density at radius 2 is 1.06 bits per heavy atom. The number of aromatic nitrogens is 4. The van der Waals surface area contributed by atoms with Crippen molar-refractivity contribution in [3.8, 4) is 0 Å². The Hall–Kier alpha value is -2.60. The predicted octanol–water partition coefficient (Wildman–Crippen LogP) is -1.41. The molecule has 0 saturated carbocycles. The maximum atomic E-state index is 6.15. The van der Waals surface area contributed by atoms with Crippen molar-refractivity contribution in [2.24, 2.45) is 20.5 Å². The van der Waals surface area contributed by atoms with Crippen molar-refractivity contribution in [3.63, 3.8) is 0 Å². The molecule has 2 aromatic heterocycles. The monoisotopic (exact) mass is 888 g/mol. The first-order valence-electron chi connectivity index (χ1n) is 17.7. The van der Waals surface area contributed by atoms with E-state index in [1.54, 1.807) is 12.4 Å². The van der Waals surface area contributed by atoms with Gasteiger partial charge in [-0.3, -0.25) is 0 Å². The fourth-order valence-electron chi connectivity index (χ4n) is 5.20. The van der Waals surface area contributed by atoms with Crippen LogP contribution < -0.4 is 55.2 Å². The molecule has 0 bridgehead atoms. The number of rotatable bonds is 18. The predicted molar refractivity (Wildman–Crippen MR) is 196 cm³/mol. The number of nitrogens with zero attached hydrogens (tertiary/aromatic N) is 10. The summed E-state index contributed by atoms with van der Waals surface area (Å²) < 4.78 is 7.91. The lowest BCUT2D eigenvalue weighted by atomic mass is 10.2. The van der Waals surface area contributed by atoms with Crippen LogP contribution in [0.1, 0.15) is 91.4 Å². The number of nitrogens with two attached hydrogens (primary N) is 2. The second-order valence-electron chi connectivity index (χ2n) is 12.2. The van der Waals surface area contributed by atoms with E-state index in [1.165, 1.54) is 38.5 Å². The molecule has 4 heterocycles. The smallest absolute Gasteiger partial charge is 0.524 e. The summed E-state index contributed by atoms with van der Waals surface area (Å²) >= 11 is 3.46. The highest BCUT2D eigenvalue weighted by Gasteiger charge is 2.30. The van der Waals surface area contributed by atoms with Crippen LogP contribution in [0.15, 0.2) is 57.7 Å². The highest BCUT2D eigenvalue weighted by atomic mass is 79.9. The third-order valence-corrected chi connectivity index (χ3v) is 8.78. The molecule has 50 heavy (non-hydrogen) atoms. The van der Waals surface area contributed by atoms with E-state index in [4.69, 9.17) is 11.5 Å². The lowest BCUT2D eigenvalue weighted by Gasteiger charge is -2.02. The number of azo groups is 2. The molecule has 4 rings (SSSR count). The van der Waals surface area contributed by atoms with Crippen molar-refractivity contribution in [3.05, 3.63) is 37.2 Å². The molecule has 2 aliphatic heterocycles. The van der Waals surface area contributed by atoms with Gasteiger partial charge in [0.1, 0.15) is 22.6 Å². The summed E-state index contributed by atoms with van der Waals surface area (Å²) in [5, 5.41) is 27.1. The van der Waals surface area contributed by atoms with Gasteiger partial charge in [0.15, 0.2) is 35.4 Å². The van der Waals surface area contributed by atoms with Gasteiger partial charge in [-0.05, 0) is 35.9 Å². The molecular formula is C33H59Br3N14+2. The fourth-order valence-corrected chi connectivity index (χ4v) is 5.45. The van der Waals surface area contributed by atoms with Crippen molar-refractivity contribution in [2.75, 3.05) is 44.0 Å². The van der Waals surface area contributed by atoms with E-state index < -0.39 is 0 Å². The molecule has 2 atom stereocenters. The van der Waals surface area contributed by atoms with E-state index in [1.807, 2.05) is 22.6 Å². The number of anilines is 2. The molecule has 0 saturated heterocycles. The molecular weight excluding hydrogens is 832 g/mol. The van der Waals surface area contributed by atoms with Crippen molar-refractivity contribution in [1.82, 2.24) is 19.6 Å². The lowest BCUT2D eigenvalue weighted by Crippen LogP contribution is -3.06. The third kappa shape index (κ3) is 14.2. The van der Waals surface area contributed by atoms with Gasteiger partial charge in [0.05, 0.1) is 39.6 Å². The maximum Gasteiger partial charge on any atom is 0.524 e. The van der Waals surface area contributed by atoms with Crippen LogP contribution in [0.25, 0.3) is 0 Å². The van der Waals surface area contributed by atoms with Gasteiger partial charge in [-0.1, -0.05) is 81.6 Å². The highest BCUT2D eigenvalue weighted by molar-refractivity contribution is 9.09. The first-order chi connectivity index (χ1) is 23.3. The first kappa shape index (κ1) is 45.4. The van der Waals surface area contributed by atoms with Gasteiger partial charge >= 0.3 is 11.9 Å². The molecule has 0 fully saturated rings. The molecule has 2 unspecified atom stereocenters. The van der Waals surface area contributed by atoms with Gasteiger partial charge in [0.2, 0.25) is 0 Å². The minimum absolute atomic E-state index is 0. The number of guanidine groups is 2. The van der Waals surface area contributed by atoms with Crippen LogP contribution in [-0.4, -0.2) is 73.1 Å². The van der Waals surface area contributed by atoms with E-state index in [0.29, 0.717) is 23.0 Å². The Morgan fingerprint density at radius 1 is 0.640 bits per heavy atom. The summed E-state index contributed by atoms with van der Waals surface area (Å²) in [5.41, 5.74) is 13.6. The summed E-state index contributed by atoms with van der Waals surface area (Å²) in [7, 11) is 4.09. The Bertz CT molecular complexity index is 1350. The van der Waals surface area contributed by atoms with Crippen LogP contribution in [0.3, 0.4) is 0 Å². The second kappa shape index (κ2) is 25.4. The molecule has 6 N–H and O–H groups in total. The average molecular weight is 892 g/mol. The van der Waals surface area contributed by atoms with Crippen LogP contribution in [0.2, 0.25) is 0 Å². The van der Waals surface area contributed by atoms with Crippen LogP contribution in [0.5, 0.6) is 0 Å². The zero-order chi connectivity index (χ0) is 34.7. The number of alkyl halides is 1. The van der Waals surface area contributed by atoms with Crippen LogP contribution in [-0.2, 0) is 13.1 Å². The molecule has 0 amide bonds. The molecule has 280 valence electrons. The lowest BCUT2D eigenvalue weighted by molar-refractivity contribution is -0.737. The minimum Gasteiger partial charge on any atom is -1.00 e. The largest absolute Gasteiger partial charge is 1.00 e. The Balaban J connectivity index is 0.000000481. The van der Waals surface area contributed by atoms with E-state index in [9.17, 15) is 0 Å². The maximum absolute atomic E-state index is 6.15. The summed E-state index contributed by atoms with van der Waals surface area (Å²) in [5.74, 6) is 2.97. The number of hydrogen-bond donors (Lipinski definition) is 4. The van der Waals surface area contributed by atoms with Crippen molar-refractivity contribution in [1.29, 1.82) is 0 Å². The van der Waals surface area contributed by atoms with Gasteiger partial charge in [-0.15, -0.1) is 0 Å². The number of hydrogen-bond acceptors (Lipinski definition) is 8. The number of nitrogen functional groups attached to an aromatic ring is 2. The Labute approximate surface area is 327 Å². The fraction of sp³-hybridized carbons (Fsp3) is 0.636. The van der Waals surface area contributed by atoms with Gasteiger partial charge in [-0.25, -0.2) is 9.36 Å². The number of aryl methyl sites for hydroxylation is 2. The zero-order valence-electron chi connectivity index (χ0n) is 30.5. The molecule has 0 spiro atoms. The van der Waals surface area contributed by atoms with Crippen LogP contribution in [0, 0.1) is 0 Å². The number of nitrogens with one attached hydrogen (secondary N) is 2. The van der Waals surface area contributed by atoms with Crippen molar-refractivity contribution < 1.29 is 52.9 Å². The van der Waals surface area contributed by atoms with E-state index in [2.05, 4.69) is 102 Å². The molecule has 14 nitrogen and oxygen atoms in total. The minimum atomic E-state index is 0. The molecule has 0 aromatic carbocycles. The standard InChI is InChI=1S/C17H29N7.C16H26BrN7.2BrH/c1-4-6-8-9-11-24-16(18)15(14-19-24)20-21-17-22(3)12-13-23(17)10-7-5-2;1-3-4-5-6-10-24-15(18)14(13-19-24)20-21-16-22(2)11-12-23(16)9-7-8-17;;/h12-14,18H,4-11H2,1-3H3;11-13,18H,3-10H2,1-2H3;2*1H/p+2. The van der Waals surface area contributed by atoms with E-state index >= 15 is 0 Å². The quantitative estimate of drug-likeness (QED) is 0.0630. The van der Waals surface area contributed by atoms with Gasteiger partial charge in [0, 0.05) is 18.4 Å². The number of quaternary nitrogens is 2. The average Bonchev–Trinajstić information content (AvgIpc) is 3.84.